The average molecular weight is 574 g/mol. The third-order valence-corrected chi connectivity index (χ3v) is 7.09. The number of carbonyl (C=O) groups is 3. The van der Waals surface area contributed by atoms with Crippen molar-refractivity contribution in [3.05, 3.63) is 42.0 Å². The number of nitrogens with two attached hydrogens (primary N) is 1. The van der Waals surface area contributed by atoms with E-state index in [9.17, 15) is 29.7 Å². The van der Waals surface area contributed by atoms with Crippen LogP contribution in [0.2, 0.25) is 0 Å². The topological polar surface area (TPSA) is 215 Å². The monoisotopic (exact) mass is 573 g/mol. The van der Waals surface area contributed by atoms with Gasteiger partial charge in [0.2, 0.25) is 0 Å². The fourth-order valence-corrected chi connectivity index (χ4v) is 4.90. The number of nitrogens with one attached hydrogen (secondary N) is 1. The molecule has 0 radical (unpaired) electrons. The number of anilines is 2. The second-order valence-electron chi connectivity index (χ2n) is 9.81. The van der Waals surface area contributed by atoms with Crippen molar-refractivity contribution in [1.29, 1.82) is 0 Å². The smallest absolute Gasteiger partial charge is 0.348 e. The van der Waals surface area contributed by atoms with Crippen molar-refractivity contribution >= 4 is 40.6 Å². The maximum Gasteiger partial charge on any atom is 0.348 e. The highest BCUT2D eigenvalue weighted by Gasteiger charge is 2.52. The summed E-state index contributed by atoms with van der Waals surface area (Å²) in [6.45, 7) is 1.88. The first-order valence-corrected chi connectivity index (χ1v) is 12.7. The molecule has 6 N–H and O–H groups in total. The molecule has 0 aliphatic carbocycles. The molecule has 5 rings (SSSR count). The quantitative estimate of drug-likeness (QED) is 0.220. The lowest BCUT2D eigenvalue weighted by molar-refractivity contribution is -0.190. The molecule has 4 atom stereocenters. The van der Waals surface area contributed by atoms with Gasteiger partial charge in [-0.2, -0.15) is 0 Å². The largest absolute Gasteiger partial charge is 0.479 e. The van der Waals surface area contributed by atoms with E-state index in [0.717, 1.165) is 6.42 Å². The van der Waals surface area contributed by atoms with Gasteiger partial charge in [-0.25, -0.2) is 33.7 Å². The molecule has 15 nitrogen and oxygen atoms in total. The van der Waals surface area contributed by atoms with Crippen molar-refractivity contribution in [2.75, 3.05) is 30.3 Å². The summed E-state index contributed by atoms with van der Waals surface area (Å²) >= 11 is 0. The van der Waals surface area contributed by atoms with E-state index in [-0.39, 0.29) is 23.0 Å². The lowest BCUT2D eigenvalue weighted by atomic mass is 9.94. The van der Waals surface area contributed by atoms with E-state index in [0.29, 0.717) is 30.2 Å². The summed E-state index contributed by atoms with van der Waals surface area (Å²) in [6.07, 6.45) is -5.28. The summed E-state index contributed by atoms with van der Waals surface area (Å²) in [5, 5.41) is 33.1. The van der Waals surface area contributed by atoms with Crippen LogP contribution >= 0.6 is 0 Å². The predicted molar refractivity (Wildman–Crippen MR) is 139 cm³/mol. The number of imidazole rings is 1. The van der Waals surface area contributed by atoms with Gasteiger partial charge in [-0.1, -0.05) is 12.1 Å². The summed E-state index contributed by atoms with van der Waals surface area (Å²) < 4.78 is 27.5. The van der Waals surface area contributed by atoms with E-state index in [1.165, 1.54) is 27.9 Å². The third kappa shape index (κ3) is 5.12. The van der Waals surface area contributed by atoms with Crippen molar-refractivity contribution in [2.45, 2.75) is 50.0 Å². The Bertz CT molecular complexity index is 1470. The van der Waals surface area contributed by atoms with E-state index in [1.54, 1.807) is 19.1 Å². The van der Waals surface area contributed by atoms with E-state index < -0.39 is 55.2 Å². The van der Waals surface area contributed by atoms with Crippen LogP contribution in [0.3, 0.4) is 0 Å². The first kappa shape index (κ1) is 28.1. The zero-order valence-electron chi connectivity index (χ0n) is 21.8. The molecule has 41 heavy (non-hydrogen) atoms. The molecule has 16 heteroatoms. The number of amides is 2. The lowest BCUT2D eigenvalue weighted by Crippen LogP contribution is -2.52. The van der Waals surface area contributed by atoms with Crippen LogP contribution in [0, 0.1) is 6.92 Å². The van der Waals surface area contributed by atoms with Crippen LogP contribution in [0.1, 0.15) is 24.0 Å². The number of ether oxygens (including phenoxy) is 2. The molecule has 2 aliphatic rings. The van der Waals surface area contributed by atoms with Crippen molar-refractivity contribution < 1.29 is 43.6 Å². The number of rotatable bonds is 9. The second kappa shape index (κ2) is 10.9. The Balaban J connectivity index is 1.33. The van der Waals surface area contributed by atoms with Crippen LogP contribution in [0.25, 0.3) is 11.2 Å². The van der Waals surface area contributed by atoms with Crippen molar-refractivity contribution in [2.24, 2.45) is 0 Å². The number of aromatic nitrogens is 4. The minimum atomic E-state index is -2.78. The number of benzene rings is 1. The minimum absolute atomic E-state index is 0.0695. The molecule has 4 heterocycles. The van der Waals surface area contributed by atoms with Gasteiger partial charge in [0.05, 0.1) is 12.9 Å². The molecule has 0 saturated carbocycles. The molecule has 2 aliphatic heterocycles. The number of halogens is 1. The Labute approximate surface area is 231 Å². The number of hydrogen-bond acceptors (Lipinski definition) is 10. The van der Waals surface area contributed by atoms with E-state index in [2.05, 4.69) is 20.3 Å². The van der Waals surface area contributed by atoms with Crippen LogP contribution in [0.5, 0.6) is 0 Å². The highest BCUT2D eigenvalue weighted by Crippen LogP contribution is 2.35. The summed E-state index contributed by atoms with van der Waals surface area (Å²) in [5.74, 6) is -3.23. The average Bonchev–Trinajstić information content (AvgIpc) is 3.47. The first-order valence-electron chi connectivity index (χ1n) is 12.7. The number of aliphatic hydroxyl groups is 1. The highest BCUT2D eigenvalue weighted by atomic mass is 19.1. The van der Waals surface area contributed by atoms with Gasteiger partial charge in [0.1, 0.15) is 23.5 Å². The van der Waals surface area contributed by atoms with Gasteiger partial charge in [-0.05, 0) is 31.0 Å². The minimum Gasteiger partial charge on any atom is -0.479 e. The maximum absolute atomic E-state index is 15.2. The van der Waals surface area contributed by atoms with Gasteiger partial charge in [0, 0.05) is 25.2 Å². The maximum atomic E-state index is 15.2. The van der Waals surface area contributed by atoms with Crippen LogP contribution in [0.15, 0.2) is 30.6 Å². The number of carboxylic acid groups (broad SMARTS) is 2. The Morgan fingerprint density at radius 2 is 1.95 bits per heavy atom. The fourth-order valence-electron chi connectivity index (χ4n) is 4.90. The van der Waals surface area contributed by atoms with Gasteiger partial charge < -0.3 is 35.8 Å². The highest BCUT2D eigenvalue weighted by molar-refractivity contribution is 6.02. The van der Waals surface area contributed by atoms with Crippen molar-refractivity contribution in [3.8, 4) is 0 Å². The Morgan fingerprint density at radius 1 is 1.24 bits per heavy atom. The molecule has 0 bridgehead atoms. The first-order chi connectivity index (χ1) is 19.5. The molecular formula is C25H28FN7O8. The fraction of sp³-hybridized carbons (Fsp3) is 0.440. The van der Waals surface area contributed by atoms with E-state index in [4.69, 9.17) is 15.2 Å². The number of urea groups is 1. The van der Waals surface area contributed by atoms with Gasteiger partial charge in [0.25, 0.3) is 5.60 Å². The van der Waals surface area contributed by atoms with Crippen molar-refractivity contribution in [3.63, 3.8) is 0 Å². The number of carbonyl (C=O) groups excluding carboxylic acids is 1. The summed E-state index contributed by atoms with van der Waals surface area (Å²) in [4.78, 5) is 50.4. The zero-order chi connectivity index (χ0) is 29.5. The third-order valence-electron chi connectivity index (χ3n) is 7.09. The molecule has 2 aromatic heterocycles. The van der Waals surface area contributed by atoms with E-state index in [1.807, 2.05) is 0 Å². The molecule has 2 amide bonds. The van der Waals surface area contributed by atoms with E-state index >= 15 is 4.39 Å². The normalized spacial score (nSPS) is 23.1. The number of aliphatic carboxylic acids is 2. The number of hydrogen-bond donors (Lipinski definition) is 5. The number of aliphatic hydroxyl groups excluding tert-OH is 1. The molecule has 3 aromatic rings. The summed E-state index contributed by atoms with van der Waals surface area (Å²) in [7, 11) is 0. The van der Waals surface area contributed by atoms with Gasteiger partial charge in [0.15, 0.2) is 23.9 Å². The molecule has 0 unspecified atom stereocenters. The Morgan fingerprint density at radius 3 is 2.61 bits per heavy atom. The number of nitrogens with zero attached hydrogens (tertiary/aromatic N) is 5. The van der Waals surface area contributed by atoms with Crippen LogP contribution in [-0.2, 0) is 25.5 Å². The van der Waals surface area contributed by atoms with Crippen LogP contribution in [0.4, 0.5) is 20.7 Å². The van der Waals surface area contributed by atoms with Gasteiger partial charge in [-0.3, -0.25) is 9.47 Å². The number of alkyl halides is 1. The molecule has 2 saturated heterocycles. The number of aryl methyl sites for hydroxylation is 1. The molecule has 218 valence electrons. The SMILES string of the molecule is Cc1nc(N)c2ncn([C@@H]3O[C@H](COC(Cc4ccc(N5CCCNC5=O)cc4)(C(=O)O)C(=O)O)[C@@H](O)[C@@H]3F)c2n1. The molecule has 2 fully saturated rings. The summed E-state index contributed by atoms with van der Waals surface area (Å²) in [5.41, 5.74) is 4.29. The molecule has 1 aromatic carbocycles. The predicted octanol–water partition coefficient (Wildman–Crippen LogP) is 0.400. The Kier molecular flexibility index (Phi) is 7.46. The zero-order valence-corrected chi connectivity index (χ0v) is 21.8. The second-order valence-corrected chi connectivity index (χ2v) is 9.81. The number of carboxylic acids is 2. The number of fused-ring (bicyclic) bond motifs is 1. The van der Waals surface area contributed by atoms with Gasteiger partial charge >= 0.3 is 18.0 Å². The Hall–Kier alpha value is -4.41. The van der Waals surface area contributed by atoms with Crippen LogP contribution in [-0.4, -0.2) is 96.5 Å². The van der Waals surface area contributed by atoms with Crippen LogP contribution < -0.4 is 16.0 Å². The molecular weight excluding hydrogens is 545 g/mol. The standard InChI is InChI=1S/C25H28FN7O8/c1-12-30-19(27)17-20(31-12)33(11-29-17)21-16(26)18(34)15(41-21)10-40-25(22(35)36,23(37)38)9-13-3-5-14(6-4-13)32-8-2-7-28-24(32)39/h3-6,11,15-16,18,21,34H,2,7-10H2,1H3,(H,28,39)(H,35,36)(H,37,38)(H2,27,30,31)/t15-,16+,18-,21-/m1/s1. The van der Waals surface area contributed by atoms with Crippen molar-refractivity contribution in [1.82, 2.24) is 24.8 Å². The van der Waals surface area contributed by atoms with Gasteiger partial charge in [-0.15, -0.1) is 0 Å². The molecule has 0 spiro atoms. The summed E-state index contributed by atoms with van der Waals surface area (Å²) in [6, 6.07) is 5.87. The number of nitrogen functional groups attached to an aromatic ring is 1. The lowest BCUT2D eigenvalue weighted by Gasteiger charge is -2.29.